The van der Waals surface area contributed by atoms with Crippen molar-refractivity contribution in [2.45, 2.75) is 83.7 Å². The first-order valence-corrected chi connectivity index (χ1v) is 7.96. The highest BCUT2D eigenvalue weighted by Gasteiger charge is 2.44. The average Bonchev–Trinajstić information content (AvgIpc) is 2.52. The summed E-state index contributed by atoms with van der Waals surface area (Å²) in [6, 6.07) is 0.727. The number of likely N-dealkylation sites (tertiary alicyclic amines) is 1. The molecule has 106 valence electrons. The van der Waals surface area contributed by atoms with Crippen molar-refractivity contribution in [2.75, 3.05) is 13.1 Å². The summed E-state index contributed by atoms with van der Waals surface area (Å²) in [5.74, 6) is 0. The Morgan fingerprint density at radius 1 is 1.11 bits per heavy atom. The van der Waals surface area contributed by atoms with Crippen molar-refractivity contribution < 1.29 is 0 Å². The van der Waals surface area contributed by atoms with Crippen LogP contribution >= 0.6 is 0 Å². The molecular formula is C16H32N2. The highest BCUT2D eigenvalue weighted by atomic mass is 15.2. The van der Waals surface area contributed by atoms with Gasteiger partial charge in [0.2, 0.25) is 0 Å². The molecule has 1 aliphatic heterocycles. The summed E-state index contributed by atoms with van der Waals surface area (Å²) in [5, 5.41) is 0. The Morgan fingerprint density at radius 3 is 2.56 bits per heavy atom. The van der Waals surface area contributed by atoms with Gasteiger partial charge in [0.25, 0.3) is 0 Å². The zero-order valence-corrected chi connectivity index (χ0v) is 12.7. The van der Waals surface area contributed by atoms with Crippen LogP contribution in [0.3, 0.4) is 0 Å². The molecule has 0 aromatic rings. The maximum Gasteiger partial charge on any atom is 0.0339 e. The zero-order chi connectivity index (χ0) is 13.2. The number of nitrogens with zero attached hydrogens (tertiary/aromatic N) is 1. The fourth-order valence-corrected chi connectivity index (χ4v) is 4.48. The van der Waals surface area contributed by atoms with E-state index in [0.717, 1.165) is 12.6 Å². The van der Waals surface area contributed by atoms with Gasteiger partial charge in [-0.3, -0.25) is 4.90 Å². The smallest absolute Gasteiger partial charge is 0.0339 e. The maximum atomic E-state index is 6.26. The molecule has 2 heteroatoms. The van der Waals surface area contributed by atoms with Gasteiger partial charge in [-0.2, -0.15) is 0 Å². The summed E-state index contributed by atoms with van der Waals surface area (Å²) < 4.78 is 0. The van der Waals surface area contributed by atoms with Crippen molar-refractivity contribution >= 4 is 0 Å². The summed E-state index contributed by atoms with van der Waals surface area (Å²) in [4.78, 5) is 2.79. The van der Waals surface area contributed by atoms with Gasteiger partial charge in [0.15, 0.2) is 0 Å². The van der Waals surface area contributed by atoms with E-state index in [-0.39, 0.29) is 0 Å². The van der Waals surface area contributed by atoms with Crippen molar-refractivity contribution in [2.24, 2.45) is 11.1 Å². The molecule has 1 saturated heterocycles. The molecule has 0 aromatic carbocycles. The van der Waals surface area contributed by atoms with Crippen molar-refractivity contribution in [3.8, 4) is 0 Å². The summed E-state index contributed by atoms with van der Waals surface area (Å²) >= 11 is 0. The van der Waals surface area contributed by atoms with E-state index in [1.807, 2.05) is 0 Å². The molecule has 2 nitrogen and oxygen atoms in total. The van der Waals surface area contributed by atoms with Crippen LogP contribution in [0.1, 0.15) is 72.1 Å². The number of rotatable bonds is 2. The second kappa shape index (κ2) is 5.50. The first-order chi connectivity index (χ1) is 8.49. The molecule has 0 aromatic heterocycles. The lowest BCUT2D eigenvalue weighted by Crippen LogP contribution is -2.60. The largest absolute Gasteiger partial charge is 0.329 e. The molecule has 1 heterocycles. The van der Waals surface area contributed by atoms with Crippen molar-refractivity contribution in [1.82, 2.24) is 4.90 Å². The molecular weight excluding hydrogens is 220 g/mol. The first kappa shape index (κ1) is 14.3. The Morgan fingerprint density at radius 2 is 1.89 bits per heavy atom. The van der Waals surface area contributed by atoms with Crippen molar-refractivity contribution in [1.29, 1.82) is 0 Å². The van der Waals surface area contributed by atoms with Gasteiger partial charge in [0.05, 0.1) is 0 Å². The molecule has 2 unspecified atom stereocenters. The van der Waals surface area contributed by atoms with Gasteiger partial charge in [-0.1, -0.05) is 33.1 Å². The molecule has 2 aliphatic rings. The summed E-state index contributed by atoms with van der Waals surface area (Å²) in [7, 11) is 0. The van der Waals surface area contributed by atoms with Crippen LogP contribution in [-0.2, 0) is 0 Å². The van der Waals surface area contributed by atoms with Crippen LogP contribution in [0.4, 0.5) is 0 Å². The average molecular weight is 252 g/mol. The van der Waals surface area contributed by atoms with Gasteiger partial charge in [0, 0.05) is 18.1 Å². The SMILES string of the molecule is CC1CCCCCN1C1(CN)CCCC(C)(C)C1. The minimum absolute atomic E-state index is 0.297. The van der Waals surface area contributed by atoms with Crippen LogP contribution in [0.15, 0.2) is 0 Å². The predicted molar refractivity (Wildman–Crippen MR) is 78.7 cm³/mol. The Bertz CT molecular complexity index is 274. The van der Waals surface area contributed by atoms with Crippen LogP contribution in [0.25, 0.3) is 0 Å². The molecule has 18 heavy (non-hydrogen) atoms. The monoisotopic (exact) mass is 252 g/mol. The van der Waals surface area contributed by atoms with Crippen molar-refractivity contribution in [3.63, 3.8) is 0 Å². The third kappa shape index (κ3) is 2.91. The molecule has 1 saturated carbocycles. The molecule has 2 rings (SSSR count). The van der Waals surface area contributed by atoms with E-state index in [2.05, 4.69) is 25.7 Å². The Hall–Kier alpha value is -0.0800. The van der Waals surface area contributed by atoms with E-state index in [1.165, 1.54) is 57.9 Å². The standard InChI is InChI=1S/C16H32N2/c1-14-8-5-4-6-11-18(14)16(13-17)10-7-9-15(2,3)12-16/h14H,4-13,17H2,1-3H3. The van der Waals surface area contributed by atoms with Gasteiger partial charge < -0.3 is 5.73 Å². The molecule has 1 aliphatic carbocycles. The Balaban J connectivity index is 2.19. The summed E-state index contributed by atoms with van der Waals surface area (Å²) in [6.45, 7) is 9.40. The van der Waals surface area contributed by atoms with E-state index in [1.54, 1.807) is 0 Å². The van der Waals surface area contributed by atoms with E-state index < -0.39 is 0 Å². The number of hydrogen-bond donors (Lipinski definition) is 1. The molecule has 0 amide bonds. The summed E-state index contributed by atoms with van der Waals surface area (Å²) in [5.41, 5.74) is 7.03. The lowest BCUT2D eigenvalue weighted by molar-refractivity contribution is -0.0124. The Kier molecular flexibility index (Phi) is 4.38. The first-order valence-electron chi connectivity index (χ1n) is 7.96. The second-order valence-corrected chi connectivity index (χ2v) is 7.51. The van der Waals surface area contributed by atoms with Crippen LogP contribution in [0.2, 0.25) is 0 Å². The highest BCUT2D eigenvalue weighted by Crippen LogP contribution is 2.45. The molecule has 0 spiro atoms. The molecule has 2 N–H and O–H groups in total. The van der Waals surface area contributed by atoms with Crippen LogP contribution in [0, 0.1) is 5.41 Å². The third-order valence-corrected chi connectivity index (χ3v) is 5.35. The van der Waals surface area contributed by atoms with Crippen LogP contribution in [-0.4, -0.2) is 29.6 Å². The number of nitrogens with two attached hydrogens (primary N) is 1. The third-order valence-electron chi connectivity index (χ3n) is 5.35. The molecule has 2 atom stereocenters. The topological polar surface area (TPSA) is 29.3 Å². The fourth-order valence-electron chi connectivity index (χ4n) is 4.48. The predicted octanol–water partition coefficient (Wildman–Crippen LogP) is 3.55. The normalized spacial score (nSPS) is 38.3. The lowest BCUT2D eigenvalue weighted by atomic mass is 9.67. The quantitative estimate of drug-likeness (QED) is 0.814. The number of hydrogen-bond acceptors (Lipinski definition) is 2. The zero-order valence-electron chi connectivity index (χ0n) is 12.7. The van der Waals surface area contributed by atoms with E-state index in [4.69, 9.17) is 5.73 Å². The van der Waals surface area contributed by atoms with Gasteiger partial charge in [-0.05, 0) is 51.0 Å². The van der Waals surface area contributed by atoms with E-state index in [0.29, 0.717) is 11.0 Å². The Labute approximate surface area is 113 Å². The highest BCUT2D eigenvalue weighted by molar-refractivity contribution is 5.01. The van der Waals surface area contributed by atoms with Crippen LogP contribution < -0.4 is 5.73 Å². The molecule has 2 fully saturated rings. The van der Waals surface area contributed by atoms with Gasteiger partial charge >= 0.3 is 0 Å². The minimum Gasteiger partial charge on any atom is -0.329 e. The minimum atomic E-state index is 0.297. The van der Waals surface area contributed by atoms with Crippen molar-refractivity contribution in [3.05, 3.63) is 0 Å². The van der Waals surface area contributed by atoms with Crippen LogP contribution in [0.5, 0.6) is 0 Å². The van der Waals surface area contributed by atoms with E-state index >= 15 is 0 Å². The van der Waals surface area contributed by atoms with Gasteiger partial charge in [-0.25, -0.2) is 0 Å². The summed E-state index contributed by atoms with van der Waals surface area (Å²) in [6.07, 6.45) is 10.9. The maximum absolute atomic E-state index is 6.26. The fraction of sp³-hybridized carbons (Fsp3) is 1.00. The molecule has 0 bridgehead atoms. The second-order valence-electron chi connectivity index (χ2n) is 7.51. The van der Waals surface area contributed by atoms with E-state index in [9.17, 15) is 0 Å². The lowest BCUT2D eigenvalue weighted by Gasteiger charge is -2.53. The van der Waals surface area contributed by atoms with Gasteiger partial charge in [0.1, 0.15) is 0 Å². The van der Waals surface area contributed by atoms with Gasteiger partial charge in [-0.15, -0.1) is 0 Å². The molecule has 0 radical (unpaired) electrons.